The Kier molecular flexibility index (Phi) is 4.14. The highest BCUT2D eigenvalue weighted by Gasteiger charge is 2.36. The van der Waals surface area contributed by atoms with Crippen molar-refractivity contribution in [3.05, 3.63) is 27.6 Å². The summed E-state index contributed by atoms with van der Waals surface area (Å²) in [5.74, 6) is -0.997. The molecule has 2 N–H and O–H groups in total. The first-order valence-electron chi connectivity index (χ1n) is 7.05. The summed E-state index contributed by atoms with van der Waals surface area (Å²) in [6, 6.07) is 1.75. The standard InChI is InChI=1S/C14H15N3O5S/c1-17(13(19)8-2-3-9(22-8)14(20)21)6-10-15-7-4-5-23-11(7)12(18)16-10/h4-5,8-9H,2-3,6H2,1H3,(H,20,21)(H,15,16,18)/t8-,9+/m0/s1. The number of carbonyl (C=O) groups excluding carboxylic acids is 1. The van der Waals surface area contributed by atoms with E-state index in [1.165, 1.54) is 16.2 Å². The molecular formula is C14H15N3O5S. The van der Waals surface area contributed by atoms with E-state index in [1.54, 1.807) is 18.5 Å². The van der Waals surface area contributed by atoms with Crippen LogP contribution in [0.5, 0.6) is 0 Å². The van der Waals surface area contributed by atoms with Crippen LogP contribution in [0.15, 0.2) is 16.2 Å². The van der Waals surface area contributed by atoms with Gasteiger partial charge in [-0.3, -0.25) is 9.59 Å². The minimum absolute atomic E-state index is 0.122. The van der Waals surface area contributed by atoms with Crippen molar-refractivity contribution in [2.75, 3.05) is 7.05 Å². The number of likely N-dealkylation sites (N-methyl/N-ethyl adjacent to an activating group) is 1. The quantitative estimate of drug-likeness (QED) is 0.844. The maximum atomic E-state index is 12.3. The van der Waals surface area contributed by atoms with E-state index in [1.807, 2.05) is 0 Å². The molecule has 1 aliphatic heterocycles. The van der Waals surface area contributed by atoms with Crippen LogP contribution in [-0.4, -0.2) is 51.1 Å². The molecule has 0 bridgehead atoms. The fraction of sp³-hybridized carbons (Fsp3) is 0.429. The van der Waals surface area contributed by atoms with Crippen LogP contribution in [0.1, 0.15) is 18.7 Å². The molecule has 0 radical (unpaired) electrons. The number of rotatable bonds is 4. The number of aromatic nitrogens is 2. The van der Waals surface area contributed by atoms with Crippen molar-refractivity contribution in [2.45, 2.75) is 31.6 Å². The van der Waals surface area contributed by atoms with Gasteiger partial charge < -0.3 is 19.7 Å². The first-order chi connectivity index (χ1) is 11.0. The van der Waals surface area contributed by atoms with Crippen LogP contribution < -0.4 is 5.56 Å². The summed E-state index contributed by atoms with van der Waals surface area (Å²) in [5, 5.41) is 10.7. The van der Waals surface area contributed by atoms with Gasteiger partial charge >= 0.3 is 5.97 Å². The van der Waals surface area contributed by atoms with E-state index in [9.17, 15) is 14.4 Å². The maximum absolute atomic E-state index is 12.3. The Morgan fingerprint density at radius 2 is 2.22 bits per heavy atom. The lowest BCUT2D eigenvalue weighted by Gasteiger charge is -2.20. The molecule has 122 valence electrons. The van der Waals surface area contributed by atoms with E-state index in [-0.39, 0.29) is 18.0 Å². The molecule has 0 aliphatic carbocycles. The van der Waals surface area contributed by atoms with E-state index in [2.05, 4.69) is 9.97 Å². The average Bonchev–Trinajstić information content (AvgIpc) is 3.15. The van der Waals surface area contributed by atoms with Gasteiger partial charge in [-0.2, -0.15) is 0 Å². The van der Waals surface area contributed by atoms with Crippen molar-refractivity contribution in [2.24, 2.45) is 0 Å². The normalized spacial score (nSPS) is 20.7. The van der Waals surface area contributed by atoms with Gasteiger partial charge in [-0.15, -0.1) is 11.3 Å². The van der Waals surface area contributed by atoms with Crippen molar-refractivity contribution in [1.29, 1.82) is 0 Å². The zero-order valence-electron chi connectivity index (χ0n) is 12.3. The number of H-pyrrole nitrogens is 1. The molecule has 1 saturated heterocycles. The fourth-order valence-electron chi connectivity index (χ4n) is 2.55. The van der Waals surface area contributed by atoms with E-state index >= 15 is 0 Å². The number of fused-ring (bicyclic) bond motifs is 1. The van der Waals surface area contributed by atoms with Crippen LogP contribution in [-0.2, 0) is 20.9 Å². The Labute approximate surface area is 134 Å². The van der Waals surface area contributed by atoms with Gasteiger partial charge in [0, 0.05) is 7.05 Å². The number of nitrogens with one attached hydrogen (secondary N) is 1. The Morgan fingerprint density at radius 3 is 2.91 bits per heavy atom. The Morgan fingerprint density at radius 1 is 1.48 bits per heavy atom. The van der Waals surface area contributed by atoms with Gasteiger partial charge in [0.1, 0.15) is 16.6 Å². The zero-order chi connectivity index (χ0) is 16.6. The van der Waals surface area contributed by atoms with Crippen LogP contribution in [0, 0.1) is 0 Å². The molecule has 2 aromatic rings. The summed E-state index contributed by atoms with van der Waals surface area (Å²) >= 11 is 1.31. The second-order valence-corrected chi connectivity index (χ2v) is 6.29. The molecular weight excluding hydrogens is 322 g/mol. The number of thiophene rings is 1. The molecule has 0 unspecified atom stereocenters. The number of hydrogen-bond donors (Lipinski definition) is 2. The van der Waals surface area contributed by atoms with E-state index in [0.717, 1.165) is 0 Å². The summed E-state index contributed by atoms with van der Waals surface area (Å²) in [5.41, 5.74) is 0.363. The molecule has 2 atom stereocenters. The first kappa shape index (κ1) is 15.6. The first-order valence-corrected chi connectivity index (χ1v) is 7.93. The summed E-state index contributed by atoms with van der Waals surface area (Å²) in [4.78, 5) is 43.4. The molecule has 1 fully saturated rings. The third-order valence-electron chi connectivity index (χ3n) is 3.70. The Hall–Kier alpha value is -2.26. The molecule has 8 nitrogen and oxygen atoms in total. The SMILES string of the molecule is CN(Cc1nc2ccsc2c(=O)[nH]1)C(=O)[C@@H]1CC[C@H](C(=O)O)O1. The number of carboxylic acid groups (broad SMARTS) is 1. The second kappa shape index (κ2) is 6.09. The van der Waals surface area contributed by atoms with Crippen molar-refractivity contribution in [1.82, 2.24) is 14.9 Å². The van der Waals surface area contributed by atoms with Gasteiger partial charge in [0.15, 0.2) is 6.10 Å². The highest BCUT2D eigenvalue weighted by molar-refractivity contribution is 7.17. The summed E-state index contributed by atoms with van der Waals surface area (Å²) in [6.07, 6.45) is -1.02. The predicted octanol–water partition coefficient (Wildman–Crippen LogP) is 0.575. The Bertz CT molecular complexity index is 814. The fourth-order valence-corrected chi connectivity index (χ4v) is 3.27. The van der Waals surface area contributed by atoms with Gasteiger partial charge in [0.25, 0.3) is 11.5 Å². The van der Waals surface area contributed by atoms with E-state index in [4.69, 9.17) is 9.84 Å². The molecule has 1 aliphatic rings. The minimum Gasteiger partial charge on any atom is -0.479 e. The summed E-state index contributed by atoms with van der Waals surface area (Å²) in [7, 11) is 1.57. The lowest BCUT2D eigenvalue weighted by atomic mass is 10.2. The van der Waals surface area contributed by atoms with Crippen LogP contribution >= 0.6 is 11.3 Å². The smallest absolute Gasteiger partial charge is 0.332 e. The van der Waals surface area contributed by atoms with Crippen molar-refractivity contribution >= 4 is 33.4 Å². The minimum atomic E-state index is -1.06. The molecule has 0 aromatic carbocycles. The van der Waals surface area contributed by atoms with Gasteiger partial charge in [-0.25, -0.2) is 9.78 Å². The third-order valence-corrected chi connectivity index (χ3v) is 4.60. The number of amides is 1. The number of carbonyl (C=O) groups is 2. The van der Waals surface area contributed by atoms with E-state index in [0.29, 0.717) is 28.9 Å². The van der Waals surface area contributed by atoms with Crippen LogP contribution in [0.2, 0.25) is 0 Å². The van der Waals surface area contributed by atoms with Gasteiger partial charge in [0.2, 0.25) is 0 Å². The van der Waals surface area contributed by atoms with E-state index < -0.39 is 18.2 Å². The number of nitrogens with zero attached hydrogens (tertiary/aromatic N) is 2. The average molecular weight is 337 g/mol. The summed E-state index contributed by atoms with van der Waals surface area (Å²) < 4.78 is 5.79. The van der Waals surface area contributed by atoms with Gasteiger partial charge in [-0.05, 0) is 24.3 Å². The molecule has 0 spiro atoms. The van der Waals surface area contributed by atoms with Crippen LogP contribution in [0.25, 0.3) is 10.2 Å². The number of aliphatic carboxylic acids is 1. The van der Waals surface area contributed by atoms with Crippen molar-refractivity contribution in [3.63, 3.8) is 0 Å². The number of aromatic amines is 1. The van der Waals surface area contributed by atoms with Gasteiger partial charge in [0.05, 0.1) is 12.1 Å². The topological polar surface area (TPSA) is 113 Å². The predicted molar refractivity (Wildman–Crippen MR) is 82.2 cm³/mol. The van der Waals surface area contributed by atoms with Crippen LogP contribution in [0.4, 0.5) is 0 Å². The van der Waals surface area contributed by atoms with Crippen molar-refractivity contribution < 1.29 is 19.4 Å². The van der Waals surface area contributed by atoms with Gasteiger partial charge in [-0.1, -0.05) is 0 Å². The Balaban J connectivity index is 1.70. The molecule has 1 amide bonds. The highest BCUT2D eigenvalue weighted by atomic mass is 32.1. The molecule has 2 aromatic heterocycles. The largest absolute Gasteiger partial charge is 0.479 e. The lowest BCUT2D eigenvalue weighted by molar-refractivity contribution is -0.154. The number of ether oxygens (including phenoxy) is 1. The third kappa shape index (κ3) is 3.10. The molecule has 9 heteroatoms. The molecule has 23 heavy (non-hydrogen) atoms. The molecule has 0 saturated carbocycles. The van der Waals surface area contributed by atoms with Crippen LogP contribution in [0.3, 0.4) is 0 Å². The molecule has 3 rings (SSSR count). The molecule has 3 heterocycles. The second-order valence-electron chi connectivity index (χ2n) is 5.37. The number of hydrogen-bond acceptors (Lipinski definition) is 6. The monoisotopic (exact) mass is 337 g/mol. The lowest BCUT2D eigenvalue weighted by Crippen LogP contribution is -2.37. The summed E-state index contributed by atoms with van der Waals surface area (Å²) in [6.45, 7) is 0.122. The van der Waals surface area contributed by atoms with Crippen molar-refractivity contribution in [3.8, 4) is 0 Å². The maximum Gasteiger partial charge on any atom is 0.332 e. The zero-order valence-corrected chi connectivity index (χ0v) is 13.1. The highest BCUT2D eigenvalue weighted by Crippen LogP contribution is 2.22. The number of carboxylic acids is 1.